The van der Waals surface area contributed by atoms with Crippen LogP contribution in [0, 0.1) is 6.92 Å². The SMILES string of the molecule is Cc1cc(-c2ccc(-c3cccc4c3sc3ccccc34)cc2)cc(-c2cccc(-c3cc4ccccc4c4ccccc34)c2)c1. The Kier molecular flexibility index (Phi) is 6.33. The van der Waals surface area contributed by atoms with E-state index >= 15 is 0 Å². The van der Waals surface area contributed by atoms with Crippen LogP contribution in [0.1, 0.15) is 5.56 Å². The Bertz CT molecular complexity index is 2580. The number of thiophene rings is 1. The zero-order valence-corrected chi connectivity index (χ0v) is 26.3. The minimum atomic E-state index is 1.23. The summed E-state index contributed by atoms with van der Waals surface area (Å²) in [6.45, 7) is 2.20. The Labute approximate surface area is 272 Å². The Balaban J connectivity index is 1.10. The van der Waals surface area contributed by atoms with E-state index in [1.165, 1.54) is 91.8 Å². The molecule has 0 nitrogen and oxygen atoms in total. The molecule has 9 rings (SSSR count). The summed E-state index contributed by atoms with van der Waals surface area (Å²) < 4.78 is 2.69. The van der Waals surface area contributed by atoms with Crippen molar-refractivity contribution in [3.63, 3.8) is 0 Å². The quantitative estimate of drug-likeness (QED) is 0.176. The first-order chi connectivity index (χ1) is 22.7. The number of aryl methyl sites for hydroxylation is 1. The van der Waals surface area contributed by atoms with E-state index in [0.29, 0.717) is 0 Å². The maximum Gasteiger partial charge on any atom is 0.0433 e. The number of rotatable bonds is 4. The second kappa shape index (κ2) is 10.8. The van der Waals surface area contributed by atoms with Crippen LogP contribution in [0.3, 0.4) is 0 Å². The highest BCUT2D eigenvalue weighted by Crippen LogP contribution is 2.41. The molecule has 46 heavy (non-hydrogen) atoms. The van der Waals surface area contributed by atoms with Gasteiger partial charge in [-0.05, 0) is 103 Å². The van der Waals surface area contributed by atoms with Gasteiger partial charge in [0.15, 0.2) is 0 Å². The van der Waals surface area contributed by atoms with Crippen LogP contribution >= 0.6 is 11.3 Å². The van der Waals surface area contributed by atoms with Gasteiger partial charge in [0, 0.05) is 20.2 Å². The molecule has 0 amide bonds. The van der Waals surface area contributed by atoms with Crippen LogP contribution in [0.25, 0.3) is 86.2 Å². The van der Waals surface area contributed by atoms with Crippen molar-refractivity contribution in [1.82, 2.24) is 0 Å². The fourth-order valence-corrected chi connectivity index (χ4v) is 8.33. The number of benzene rings is 8. The minimum absolute atomic E-state index is 1.23. The zero-order chi connectivity index (χ0) is 30.6. The Morgan fingerprint density at radius 2 is 0.957 bits per heavy atom. The lowest BCUT2D eigenvalue weighted by Gasteiger charge is -2.13. The Morgan fingerprint density at radius 3 is 1.80 bits per heavy atom. The van der Waals surface area contributed by atoms with E-state index in [0.717, 1.165) is 0 Å². The molecule has 9 aromatic rings. The van der Waals surface area contributed by atoms with Gasteiger partial charge >= 0.3 is 0 Å². The molecule has 216 valence electrons. The fourth-order valence-electron chi connectivity index (χ4n) is 7.09. The van der Waals surface area contributed by atoms with Gasteiger partial charge in [0.1, 0.15) is 0 Å². The van der Waals surface area contributed by atoms with Gasteiger partial charge < -0.3 is 0 Å². The summed E-state index contributed by atoms with van der Waals surface area (Å²) in [5.74, 6) is 0. The number of fused-ring (bicyclic) bond motifs is 6. The maximum absolute atomic E-state index is 2.35. The van der Waals surface area contributed by atoms with E-state index in [9.17, 15) is 0 Å². The van der Waals surface area contributed by atoms with Crippen LogP contribution in [0.5, 0.6) is 0 Å². The molecule has 0 fully saturated rings. The molecule has 0 bridgehead atoms. The molecule has 0 aliphatic rings. The summed E-state index contributed by atoms with van der Waals surface area (Å²) in [7, 11) is 0. The third-order valence-corrected chi connectivity index (χ3v) is 10.5. The van der Waals surface area contributed by atoms with Crippen molar-refractivity contribution in [3.05, 3.63) is 169 Å². The second-order valence-corrected chi connectivity index (χ2v) is 13.3. The average Bonchev–Trinajstić information content (AvgIpc) is 3.50. The van der Waals surface area contributed by atoms with Crippen LogP contribution < -0.4 is 0 Å². The molecule has 0 saturated carbocycles. The predicted octanol–water partition coefficient (Wildman–Crippen LogP) is 13.3. The molecular formula is C45H30S. The Morgan fingerprint density at radius 1 is 0.348 bits per heavy atom. The molecule has 1 aromatic heterocycles. The number of hydrogen-bond donors (Lipinski definition) is 0. The van der Waals surface area contributed by atoms with Gasteiger partial charge in [-0.1, -0.05) is 140 Å². The van der Waals surface area contributed by atoms with Crippen molar-refractivity contribution in [3.8, 4) is 44.5 Å². The lowest BCUT2D eigenvalue weighted by molar-refractivity contribution is 1.46. The Hall–Kier alpha value is -5.50. The summed E-state index contributed by atoms with van der Waals surface area (Å²) >= 11 is 1.89. The van der Waals surface area contributed by atoms with Gasteiger partial charge in [-0.15, -0.1) is 11.3 Å². The second-order valence-electron chi connectivity index (χ2n) is 12.2. The lowest BCUT2D eigenvalue weighted by Crippen LogP contribution is -1.88. The highest BCUT2D eigenvalue weighted by molar-refractivity contribution is 7.26. The molecule has 0 unspecified atom stereocenters. The first kappa shape index (κ1) is 26.9. The summed E-state index contributed by atoms with van der Waals surface area (Å²) in [6.07, 6.45) is 0. The molecule has 0 aliphatic carbocycles. The molecule has 8 aromatic carbocycles. The van der Waals surface area contributed by atoms with Gasteiger partial charge in [-0.2, -0.15) is 0 Å². The highest BCUT2D eigenvalue weighted by atomic mass is 32.1. The molecule has 1 heteroatoms. The first-order valence-corrected chi connectivity index (χ1v) is 16.7. The van der Waals surface area contributed by atoms with Gasteiger partial charge in [0.25, 0.3) is 0 Å². The van der Waals surface area contributed by atoms with Crippen molar-refractivity contribution in [1.29, 1.82) is 0 Å². The summed E-state index contributed by atoms with van der Waals surface area (Å²) in [5.41, 5.74) is 11.3. The van der Waals surface area contributed by atoms with Gasteiger partial charge in [0.05, 0.1) is 0 Å². The third-order valence-electron chi connectivity index (χ3n) is 9.29. The van der Waals surface area contributed by atoms with Crippen LogP contribution in [0.15, 0.2) is 164 Å². The van der Waals surface area contributed by atoms with Crippen molar-refractivity contribution in [2.75, 3.05) is 0 Å². The summed E-state index contributed by atoms with van der Waals surface area (Å²) in [4.78, 5) is 0. The molecule has 0 N–H and O–H groups in total. The van der Waals surface area contributed by atoms with Crippen LogP contribution in [0.4, 0.5) is 0 Å². The minimum Gasteiger partial charge on any atom is -0.135 e. The topological polar surface area (TPSA) is 0 Å². The molecule has 0 radical (unpaired) electrons. The average molecular weight is 603 g/mol. The maximum atomic E-state index is 2.35. The molecule has 0 saturated heterocycles. The van der Waals surface area contributed by atoms with E-state index in [1.54, 1.807) is 0 Å². The van der Waals surface area contributed by atoms with Crippen molar-refractivity contribution >= 4 is 53.1 Å². The largest absolute Gasteiger partial charge is 0.135 e. The number of hydrogen-bond acceptors (Lipinski definition) is 1. The fraction of sp³-hybridized carbons (Fsp3) is 0.0222. The molecular weight excluding hydrogens is 573 g/mol. The van der Waals surface area contributed by atoms with E-state index < -0.39 is 0 Å². The highest BCUT2D eigenvalue weighted by Gasteiger charge is 2.12. The van der Waals surface area contributed by atoms with E-state index in [2.05, 4.69) is 171 Å². The summed E-state index contributed by atoms with van der Waals surface area (Å²) in [5, 5.41) is 7.83. The smallest absolute Gasteiger partial charge is 0.0433 e. The van der Waals surface area contributed by atoms with Crippen LogP contribution in [-0.2, 0) is 0 Å². The van der Waals surface area contributed by atoms with Crippen LogP contribution in [0.2, 0.25) is 0 Å². The molecule has 0 atom stereocenters. The van der Waals surface area contributed by atoms with E-state index in [1.807, 2.05) is 11.3 Å². The molecule has 1 heterocycles. The molecule has 0 aliphatic heterocycles. The monoisotopic (exact) mass is 602 g/mol. The van der Waals surface area contributed by atoms with Crippen molar-refractivity contribution < 1.29 is 0 Å². The summed E-state index contributed by atoms with van der Waals surface area (Å²) in [6, 6.07) is 60.3. The lowest BCUT2D eigenvalue weighted by atomic mass is 9.91. The molecule has 0 spiro atoms. The van der Waals surface area contributed by atoms with E-state index in [4.69, 9.17) is 0 Å². The normalized spacial score (nSPS) is 11.6. The van der Waals surface area contributed by atoms with Crippen LogP contribution in [-0.4, -0.2) is 0 Å². The van der Waals surface area contributed by atoms with Gasteiger partial charge in [-0.25, -0.2) is 0 Å². The van der Waals surface area contributed by atoms with Gasteiger partial charge in [0.2, 0.25) is 0 Å². The third kappa shape index (κ3) is 4.52. The predicted molar refractivity (Wildman–Crippen MR) is 201 cm³/mol. The van der Waals surface area contributed by atoms with Gasteiger partial charge in [-0.3, -0.25) is 0 Å². The zero-order valence-electron chi connectivity index (χ0n) is 25.5. The standard InChI is InChI=1S/C45H30S/c1-29-24-35(30-20-22-31(23-21-30)38-17-9-18-42-41-16-6-7-19-44(41)46-45(38)42)27-36(25-29)32-11-8-12-33(26-32)43-28-34-10-2-3-13-37(34)39-14-4-5-15-40(39)43/h2-28H,1H3. The first-order valence-electron chi connectivity index (χ1n) is 15.8. The van der Waals surface area contributed by atoms with Crippen molar-refractivity contribution in [2.24, 2.45) is 0 Å². The van der Waals surface area contributed by atoms with E-state index in [-0.39, 0.29) is 0 Å². The van der Waals surface area contributed by atoms with Crippen molar-refractivity contribution in [2.45, 2.75) is 6.92 Å².